The van der Waals surface area contributed by atoms with Crippen LogP contribution in [0.3, 0.4) is 0 Å². The maximum Gasteiger partial charge on any atom is 0.309 e. The fraction of sp³-hybridized carbons (Fsp3) is 0.818. The number of rotatable bonds is 1. The number of carbonyl (C=O) groups is 2. The van der Waals surface area contributed by atoms with Crippen LogP contribution in [0, 0.1) is 17.3 Å². The van der Waals surface area contributed by atoms with Gasteiger partial charge >= 0.3 is 5.97 Å². The molecule has 0 aliphatic heterocycles. The molecule has 3 atom stereocenters. The molecule has 0 saturated heterocycles. The molecule has 0 aromatic carbocycles. The second-order valence-electron chi connectivity index (χ2n) is 5.08. The average molecular weight is 196 g/mol. The van der Waals surface area contributed by atoms with Crippen LogP contribution in [0.15, 0.2) is 0 Å². The summed E-state index contributed by atoms with van der Waals surface area (Å²) in [4.78, 5) is 22.6. The lowest BCUT2D eigenvalue weighted by Gasteiger charge is -2.42. The van der Waals surface area contributed by atoms with Crippen LogP contribution in [-0.2, 0) is 9.59 Å². The Balaban J connectivity index is 2.20. The number of carbonyl (C=O) groups excluding carboxylic acids is 1. The number of fused-ring (bicyclic) bond motifs is 2. The van der Waals surface area contributed by atoms with E-state index in [1.54, 1.807) is 6.92 Å². The fourth-order valence-corrected chi connectivity index (χ4v) is 3.02. The molecule has 0 spiro atoms. The van der Waals surface area contributed by atoms with Crippen molar-refractivity contribution in [2.45, 2.75) is 39.0 Å². The molecule has 14 heavy (non-hydrogen) atoms. The summed E-state index contributed by atoms with van der Waals surface area (Å²) >= 11 is 0. The molecular formula is C11H16O3. The zero-order valence-electron chi connectivity index (χ0n) is 8.45. The Morgan fingerprint density at radius 2 is 2.21 bits per heavy atom. The van der Waals surface area contributed by atoms with E-state index in [0.29, 0.717) is 18.8 Å². The van der Waals surface area contributed by atoms with Crippen molar-refractivity contribution in [3.05, 3.63) is 0 Å². The summed E-state index contributed by atoms with van der Waals surface area (Å²) in [6.07, 6.45) is 3.81. The number of hydrogen-bond acceptors (Lipinski definition) is 2. The predicted octanol–water partition coefficient (Wildman–Crippen LogP) is 1.86. The molecule has 2 rings (SSSR count). The Hall–Kier alpha value is -0.860. The van der Waals surface area contributed by atoms with Gasteiger partial charge in [0, 0.05) is 12.3 Å². The van der Waals surface area contributed by atoms with E-state index in [2.05, 4.69) is 0 Å². The highest BCUT2D eigenvalue weighted by molar-refractivity contribution is 5.84. The number of Topliss-reactive ketones (excluding diaryl/α,β-unsaturated/α-hetero) is 1. The standard InChI is InChI=1S/C11H16O3/c1-11(10(13)14)5-7-2-3-9(12)8(4-7)6-11/h7-8H,2-6H2,1H3,(H,13,14). The van der Waals surface area contributed by atoms with Gasteiger partial charge in [-0.2, -0.15) is 0 Å². The van der Waals surface area contributed by atoms with Crippen molar-refractivity contribution < 1.29 is 14.7 Å². The summed E-state index contributed by atoms with van der Waals surface area (Å²) in [7, 11) is 0. The maximum absolute atomic E-state index is 11.5. The van der Waals surface area contributed by atoms with Crippen LogP contribution in [0.5, 0.6) is 0 Å². The SMILES string of the molecule is CC1(C(=O)O)CC2CCC(=O)C(C2)C1. The summed E-state index contributed by atoms with van der Waals surface area (Å²) in [5, 5.41) is 9.13. The summed E-state index contributed by atoms with van der Waals surface area (Å²) in [5.41, 5.74) is -0.649. The van der Waals surface area contributed by atoms with Crippen LogP contribution in [0.25, 0.3) is 0 Å². The molecule has 2 bridgehead atoms. The van der Waals surface area contributed by atoms with E-state index >= 15 is 0 Å². The molecule has 2 aliphatic carbocycles. The Kier molecular flexibility index (Phi) is 2.13. The largest absolute Gasteiger partial charge is 0.481 e. The second-order valence-corrected chi connectivity index (χ2v) is 5.08. The van der Waals surface area contributed by atoms with Gasteiger partial charge in [-0.15, -0.1) is 0 Å². The Bertz CT molecular complexity index is 282. The summed E-state index contributed by atoms with van der Waals surface area (Å²) in [6, 6.07) is 0. The molecular weight excluding hydrogens is 180 g/mol. The molecule has 1 N–H and O–H groups in total. The van der Waals surface area contributed by atoms with Gasteiger partial charge < -0.3 is 5.11 Å². The van der Waals surface area contributed by atoms with Crippen molar-refractivity contribution in [2.75, 3.05) is 0 Å². The number of aliphatic carboxylic acids is 1. The zero-order chi connectivity index (χ0) is 10.3. The van der Waals surface area contributed by atoms with Gasteiger partial charge in [-0.25, -0.2) is 0 Å². The molecule has 0 heterocycles. The number of ketones is 1. The topological polar surface area (TPSA) is 54.4 Å². The maximum atomic E-state index is 11.5. The third-order valence-corrected chi connectivity index (χ3v) is 3.82. The van der Waals surface area contributed by atoms with Crippen molar-refractivity contribution >= 4 is 11.8 Å². The van der Waals surface area contributed by atoms with Gasteiger partial charge in [0.05, 0.1) is 5.41 Å². The minimum atomic E-state index is -0.734. The normalized spacial score (nSPS) is 42.2. The summed E-state index contributed by atoms with van der Waals surface area (Å²) in [6.45, 7) is 1.78. The third kappa shape index (κ3) is 1.45. The van der Waals surface area contributed by atoms with Gasteiger partial charge in [0.15, 0.2) is 0 Å². The molecule has 2 aliphatic rings. The van der Waals surface area contributed by atoms with Crippen LogP contribution in [0.4, 0.5) is 0 Å². The first kappa shape index (κ1) is 9.69. The van der Waals surface area contributed by atoms with Crippen molar-refractivity contribution in [1.29, 1.82) is 0 Å². The molecule has 3 unspecified atom stereocenters. The first-order chi connectivity index (χ1) is 6.51. The van der Waals surface area contributed by atoms with Crippen LogP contribution in [-0.4, -0.2) is 16.9 Å². The lowest BCUT2D eigenvalue weighted by Crippen LogP contribution is -2.42. The van der Waals surface area contributed by atoms with E-state index in [9.17, 15) is 9.59 Å². The van der Waals surface area contributed by atoms with E-state index in [1.807, 2.05) is 0 Å². The minimum absolute atomic E-state index is 0.0311. The summed E-state index contributed by atoms with van der Waals surface area (Å²) in [5.74, 6) is 0.0477. The highest BCUT2D eigenvalue weighted by atomic mass is 16.4. The molecule has 78 valence electrons. The smallest absolute Gasteiger partial charge is 0.309 e. The number of hydrogen-bond donors (Lipinski definition) is 1. The van der Waals surface area contributed by atoms with Gasteiger partial charge in [-0.3, -0.25) is 9.59 Å². The van der Waals surface area contributed by atoms with Crippen LogP contribution in [0.2, 0.25) is 0 Å². The lowest BCUT2D eigenvalue weighted by atomic mass is 9.61. The Morgan fingerprint density at radius 3 is 2.86 bits per heavy atom. The van der Waals surface area contributed by atoms with Gasteiger partial charge in [0.2, 0.25) is 0 Å². The summed E-state index contributed by atoms with van der Waals surface area (Å²) < 4.78 is 0. The molecule has 2 saturated carbocycles. The van der Waals surface area contributed by atoms with E-state index in [4.69, 9.17) is 5.11 Å². The van der Waals surface area contributed by atoms with Crippen LogP contribution < -0.4 is 0 Å². The quantitative estimate of drug-likeness (QED) is 0.696. The van der Waals surface area contributed by atoms with Crippen molar-refractivity contribution in [3.8, 4) is 0 Å². The van der Waals surface area contributed by atoms with Crippen molar-refractivity contribution in [2.24, 2.45) is 17.3 Å². The predicted molar refractivity (Wildman–Crippen MR) is 50.8 cm³/mol. The first-order valence-corrected chi connectivity index (χ1v) is 5.27. The molecule has 3 nitrogen and oxygen atoms in total. The zero-order valence-corrected chi connectivity index (χ0v) is 8.45. The number of carboxylic acids is 1. The van der Waals surface area contributed by atoms with Crippen LogP contribution >= 0.6 is 0 Å². The highest BCUT2D eigenvalue weighted by Crippen LogP contribution is 2.47. The van der Waals surface area contributed by atoms with E-state index in [1.165, 1.54) is 0 Å². The van der Waals surface area contributed by atoms with Gasteiger partial charge in [-0.05, 0) is 38.5 Å². The number of carboxylic acid groups (broad SMARTS) is 1. The molecule has 0 aromatic heterocycles. The fourth-order valence-electron chi connectivity index (χ4n) is 3.02. The second kappa shape index (κ2) is 3.07. The van der Waals surface area contributed by atoms with Crippen LogP contribution in [0.1, 0.15) is 39.0 Å². The van der Waals surface area contributed by atoms with Crippen molar-refractivity contribution in [3.63, 3.8) is 0 Å². The minimum Gasteiger partial charge on any atom is -0.481 e. The third-order valence-electron chi connectivity index (χ3n) is 3.82. The van der Waals surface area contributed by atoms with Gasteiger partial charge in [0.1, 0.15) is 5.78 Å². The van der Waals surface area contributed by atoms with Crippen molar-refractivity contribution in [1.82, 2.24) is 0 Å². The van der Waals surface area contributed by atoms with Gasteiger partial charge in [0.25, 0.3) is 0 Å². The molecule has 0 radical (unpaired) electrons. The Morgan fingerprint density at radius 1 is 1.50 bits per heavy atom. The van der Waals surface area contributed by atoms with E-state index in [-0.39, 0.29) is 11.7 Å². The van der Waals surface area contributed by atoms with E-state index < -0.39 is 11.4 Å². The lowest BCUT2D eigenvalue weighted by molar-refractivity contribution is -0.154. The molecule has 2 fully saturated rings. The Labute approximate surface area is 83.5 Å². The highest BCUT2D eigenvalue weighted by Gasteiger charge is 2.46. The van der Waals surface area contributed by atoms with Gasteiger partial charge in [-0.1, -0.05) is 0 Å². The first-order valence-electron chi connectivity index (χ1n) is 5.27. The molecule has 3 heteroatoms. The van der Waals surface area contributed by atoms with E-state index in [0.717, 1.165) is 19.3 Å². The monoisotopic (exact) mass is 196 g/mol. The molecule has 0 aromatic rings. The average Bonchev–Trinajstić information content (AvgIpc) is 2.11. The molecule has 0 amide bonds.